The highest BCUT2D eigenvalue weighted by Crippen LogP contribution is 2.43. The Morgan fingerprint density at radius 3 is 2.85 bits per heavy atom. The molecule has 1 fully saturated rings. The molecule has 1 aromatic heterocycles. The lowest BCUT2D eigenvalue weighted by Crippen LogP contribution is -2.40. The van der Waals surface area contributed by atoms with Crippen LogP contribution in [0.4, 0.5) is 5.69 Å². The summed E-state index contributed by atoms with van der Waals surface area (Å²) >= 11 is 0. The number of hydrogen-bond acceptors (Lipinski definition) is 5. The van der Waals surface area contributed by atoms with Gasteiger partial charge in [0.05, 0.1) is 11.9 Å². The van der Waals surface area contributed by atoms with Crippen LogP contribution in [0.1, 0.15) is 54.3 Å². The molecule has 3 unspecified atom stereocenters. The minimum atomic E-state index is -0.442. The van der Waals surface area contributed by atoms with Crippen LogP contribution in [0.5, 0.6) is 0 Å². The third kappa shape index (κ3) is 2.92. The molecule has 2 heterocycles. The summed E-state index contributed by atoms with van der Waals surface area (Å²) in [5.41, 5.74) is 10.2. The quantitative estimate of drug-likeness (QED) is 0.678. The summed E-state index contributed by atoms with van der Waals surface area (Å²) in [7, 11) is 0. The second kappa shape index (κ2) is 7.00. The first-order chi connectivity index (χ1) is 12.7. The molecule has 0 saturated heterocycles. The number of nitrogen functional groups attached to an aromatic ring is 1. The fourth-order valence-electron chi connectivity index (χ4n) is 4.67. The standard InChI is InChI=1S/C21H23N3O2/c22-19-11-23-9-8-17(19)14-5-3-6-16(10-14)24-12-15-4-1-2-7-18(15)21(24)20(26)13-25/h1-2,4,7-9,11,13-14,16,21H,3,5-6,10,12,22H2. The molecule has 5 heteroatoms. The number of carbonyl (C=O) groups is 2. The molecule has 5 nitrogen and oxygen atoms in total. The van der Waals surface area contributed by atoms with E-state index in [2.05, 4.69) is 16.0 Å². The van der Waals surface area contributed by atoms with E-state index >= 15 is 0 Å². The number of aromatic nitrogens is 1. The lowest BCUT2D eigenvalue weighted by atomic mass is 9.80. The highest BCUT2D eigenvalue weighted by Gasteiger charge is 2.40. The number of benzene rings is 1. The molecule has 4 rings (SSSR count). The van der Waals surface area contributed by atoms with E-state index in [4.69, 9.17) is 5.73 Å². The molecule has 1 saturated carbocycles. The maximum atomic E-state index is 12.4. The van der Waals surface area contributed by atoms with Crippen molar-refractivity contribution in [3.63, 3.8) is 0 Å². The number of rotatable bonds is 4. The van der Waals surface area contributed by atoms with Crippen molar-refractivity contribution < 1.29 is 9.59 Å². The molecule has 0 spiro atoms. The zero-order chi connectivity index (χ0) is 18.1. The van der Waals surface area contributed by atoms with Crippen LogP contribution in [0.3, 0.4) is 0 Å². The van der Waals surface area contributed by atoms with E-state index in [1.165, 1.54) is 0 Å². The van der Waals surface area contributed by atoms with Crippen molar-refractivity contribution in [3.8, 4) is 0 Å². The van der Waals surface area contributed by atoms with Gasteiger partial charge in [-0.2, -0.15) is 0 Å². The van der Waals surface area contributed by atoms with Crippen molar-refractivity contribution in [1.82, 2.24) is 9.88 Å². The molecule has 0 amide bonds. The minimum Gasteiger partial charge on any atom is -0.397 e. The van der Waals surface area contributed by atoms with Crippen molar-refractivity contribution in [2.24, 2.45) is 0 Å². The number of hydrogen-bond donors (Lipinski definition) is 1. The topological polar surface area (TPSA) is 76.3 Å². The summed E-state index contributed by atoms with van der Waals surface area (Å²) < 4.78 is 0. The first-order valence-corrected chi connectivity index (χ1v) is 9.21. The number of fused-ring (bicyclic) bond motifs is 1. The molecule has 0 bridgehead atoms. The van der Waals surface area contributed by atoms with Gasteiger partial charge in [-0.1, -0.05) is 30.7 Å². The van der Waals surface area contributed by atoms with Crippen LogP contribution in [0.15, 0.2) is 42.7 Å². The van der Waals surface area contributed by atoms with E-state index < -0.39 is 6.04 Å². The normalized spacial score (nSPS) is 25.6. The Balaban J connectivity index is 1.61. The molecule has 1 aromatic carbocycles. The van der Waals surface area contributed by atoms with Crippen LogP contribution in [-0.4, -0.2) is 28.0 Å². The Hall–Kier alpha value is -2.53. The Kier molecular flexibility index (Phi) is 4.55. The molecule has 2 aliphatic rings. The predicted octanol–water partition coefficient (Wildman–Crippen LogP) is 3.01. The number of Topliss-reactive ketones (excluding diaryl/α,β-unsaturated/α-hetero) is 1. The van der Waals surface area contributed by atoms with Crippen molar-refractivity contribution in [2.75, 3.05) is 5.73 Å². The molecule has 1 aliphatic heterocycles. The molecule has 134 valence electrons. The summed E-state index contributed by atoms with van der Waals surface area (Å²) in [6.45, 7) is 0.726. The molecular weight excluding hydrogens is 326 g/mol. The summed E-state index contributed by atoms with van der Waals surface area (Å²) in [6.07, 6.45) is 8.15. The summed E-state index contributed by atoms with van der Waals surface area (Å²) in [4.78, 5) is 30.0. The fraction of sp³-hybridized carbons (Fsp3) is 0.381. The lowest BCUT2D eigenvalue weighted by molar-refractivity contribution is -0.134. The average molecular weight is 349 g/mol. The minimum absolute atomic E-state index is 0.266. The Labute approximate surface area is 153 Å². The van der Waals surface area contributed by atoms with Crippen molar-refractivity contribution in [3.05, 3.63) is 59.4 Å². The fourth-order valence-corrected chi connectivity index (χ4v) is 4.67. The zero-order valence-electron chi connectivity index (χ0n) is 14.7. The number of ketones is 1. The smallest absolute Gasteiger partial charge is 0.216 e. The summed E-state index contributed by atoms with van der Waals surface area (Å²) in [5.74, 6) is 0.0212. The van der Waals surface area contributed by atoms with Gasteiger partial charge in [-0.25, -0.2) is 0 Å². The van der Waals surface area contributed by atoms with E-state index in [1.807, 2.05) is 24.3 Å². The van der Waals surface area contributed by atoms with Crippen LogP contribution in [0, 0.1) is 0 Å². The SMILES string of the molecule is Nc1cnccc1C1CCCC(N2Cc3ccccc3C2C(=O)C=O)C1. The van der Waals surface area contributed by atoms with Crippen LogP contribution in [0.25, 0.3) is 0 Å². The van der Waals surface area contributed by atoms with E-state index in [0.717, 1.165) is 54.6 Å². The number of nitrogens with zero attached hydrogens (tertiary/aromatic N) is 2. The van der Waals surface area contributed by atoms with Crippen LogP contribution >= 0.6 is 0 Å². The Morgan fingerprint density at radius 2 is 2.04 bits per heavy atom. The van der Waals surface area contributed by atoms with Gasteiger partial charge < -0.3 is 5.73 Å². The first-order valence-electron chi connectivity index (χ1n) is 9.21. The van der Waals surface area contributed by atoms with Crippen LogP contribution < -0.4 is 5.73 Å². The third-order valence-electron chi connectivity index (χ3n) is 5.86. The van der Waals surface area contributed by atoms with Gasteiger partial charge in [0.1, 0.15) is 6.04 Å². The maximum absolute atomic E-state index is 12.4. The van der Waals surface area contributed by atoms with Crippen LogP contribution in [-0.2, 0) is 16.1 Å². The van der Waals surface area contributed by atoms with Crippen molar-refractivity contribution in [1.29, 1.82) is 0 Å². The van der Waals surface area contributed by atoms with Gasteiger partial charge in [-0.3, -0.25) is 19.5 Å². The molecule has 2 N–H and O–H groups in total. The van der Waals surface area contributed by atoms with E-state index in [9.17, 15) is 9.59 Å². The second-order valence-corrected chi connectivity index (χ2v) is 7.32. The van der Waals surface area contributed by atoms with Crippen LogP contribution in [0.2, 0.25) is 0 Å². The maximum Gasteiger partial charge on any atom is 0.216 e. The van der Waals surface area contributed by atoms with Gasteiger partial charge in [0.2, 0.25) is 5.78 Å². The van der Waals surface area contributed by atoms with Gasteiger partial charge >= 0.3 is 0 Å². The summed E-state index contributed by atoms with van der Waals surface area (Å²) in [6, 6.07) is 9.80. The largest absolute Gasteiger partial charge is 0.397 e. The number of anilines is 1. The number of aldehydes is 1. The van der Waals surface area contributed by atoms with Gasteiger partial charge in [0, 0.05) is 18.8 Å². The van der Waals surface area contributed by atoms with Crippen molar-refractivity contribution in [2.45, 2.75) is 50.2 Å². The molecule has 26 heavy (non-hydrogen) atoms. The predicted molar refractivity (Wildman–Crippen MR) is 99.4 cm³/mol. The number of pyridine rings is 1. The Bertz CT molecular complexity index is 836. The number of nitrogens with two attached hydrogens (primary N) is 1. The highest BCUT2D eigenvalue weighted by molar-refractivity contribution is 6.27. The van der Waals surface area contributed by atoms with Gasteiger partial charge in [-0.05, 0) is 47.9 Å². The summed E-state index contributed by atoms with van der Waals surface area (Å²) in [5, 5.41) is 0. The molecular formula is C21H23N3O2. The van der Waals surface area contributed by atoms with Gasteiger partial charge in [-0.15, -0.1) is 0 Å². The average Bonchev–Trinajstić information content (AvgIpc) is 3.07. The Morgan fingerprint density at radius 1 is 1.19 bits per heavy atom. The zero-order valence-corrected chi connectivity index (χ0v) is 14.7. The van der Waals surface area contributed by atoms with Gasteiger partial charge in [0.15, 0.2) is 6.29 Å². The highest BCUT2D eigenvalue weighted by atomic mass is 16.2. The number of carbonyl (C=O) groups excluding carboxylic acids is 2. The third-order valence-corrected chi connectivity index (χ3v) is 5.86. The first kappa shape index (κ1) is 16.9. The molecule has 0 radical (unpaired) electrons. The monoisotopic (exact) mass is 349 g/mol. The second-order valence-electron chi connectivity index (χ2n) is 7.32. The van der Waals surface area contributed by atoms with Gasteiger partial charge in [0.25, 0.3) is 0 Å². The lowest BCUT2D eigenvalue weighted by Gasteiger charge is -2.38. The van der Waals surface area contributed by atoms with E-state index in [-0.39, 0.29) is 11.8 Å². The van der Waals surface area contributed by atoms with E-state index in [1.54, 1.807) is 12.4 Å². The molecule has 1 aliphatic carbocycles. The molecule has 2 aromatic rings. The molecule has 3 atom stereocenters. The van der Waals surface area contributed by atoms with E-state index in [0.29, 0.717) is 12.2 Å². The van der Waals surface area contributed by atoms with Crippen molar-refractivity contribution >= 4 is 17.8 Å².